The predicted molar refractivity (Wildman–Crippen MR) is 77.6 cm³/mol. The number of methoxy groups -OCH3 is 1. The number of nitrogens with two attached hydrogens (primary N) is 1. The summed E-state index contributed by atoms with van der Waals surface area (Å²) < 4.78 is 8.87. The van der Waals surface area contributed by atoms with Crippen molar-refractivity contribution in [1.82, 2.24) is 9.69 Å². The van der Waals surface area contributed by atoms with Crippen LogP contribution in [0.25, 0.3) is 0 Å². The molecule has 0 fully saturated rings. The van der Waals surface area contributed by atoms with Gasteiger partial charge in [-0.05, 0) is 29.2 Å². The predicted octanol–water partition coefficient (Wildman–Crippen LogP) is 1.36. The van der Waals surface area contributed by atoms with E-state index in [2.05, 4.69) is 9.69 Å². The van der Waals surface area contributed by atoms with Gasteiger partial charge in [0, 0.05) is 6.54 Å². The number of rotatable bonds is 5. The van der Waals surface area contributed by atoms with Crippen LogP contribution >= 0.6 is 11.5 Å². The van der Waals surface area contributed by atoms with Crippen molar-refractivity contribution < 1.29 is 19.4 Å². The molecule has 0 spiro atoms. The van der Waals surface area contributed by atoms with Gasteiger partial charge >= 0.3 is 5.97 Å². The Morgan fingerprint density at radius 2 is 2.24 bits per heavy atom. The molecule has 7 nitrogen and oxygen atoms in total. The largest absolute Gasteiger partial charge is 0.497 e. The van der Waals surface area contributed by atoms with Crippen LogP contribution in [0.2, 0.25) is 0 Å². The number of ether oxygens (including phenoxy) is 1. The Labute approximate surface area is 124 Å². The van der Waals surface area contributed by atoms with Gasteiger partial charge in [-0.3, -0.25) is 4.79 Å². The number of hydrogen-bond acceptors (Lipinski definition) is 6. The quantitative estimate of drug-likeness (QED) is 0.768. The summed E-state index contributed by atoms with van der Waals surface area (Å²) in [7, 11) is 1.56. The van der Waals surface area contributed by atoms with E-state index in [0.717, 1.165) is 5.56 Å². The van der Waals surface area contributed by atoms with E-state index in [0.29, 0.717) is 17.3 Å². The number of anilines is 1. The zero-order valence-electron chi connectivity index (χ0n) is 11.1. The van der Waals surface area contributed by atoms with E-state index in [9.17, 15) is 9.59 Å². The molecule has 0 radical (unpaired) electrons. The summed E-state index contributed by atoms with van der Waals surface area (Å²) in [5.74, 6) is -1.03. The molecule has 21 heavy (non-hydrogen) atoms. The highest BCUT2D eigenvalue weighted by molar-refractivity contribution is 7.08. The average molecular weight is 307 g/mol. The van der Waals surface area contributed by atoms with E-state index in [1.807, 2.05) is 6.07 Å². The standard InChI is InChI=1S/C13H13N3O4S/c1-20-8-4-2-3-7(5-8)6-15-12(17)10-9(14)11(13(18)19)21-16-10/h2-5H,6,14H2,1H3,(H,15,17)(H,18,19). The summed E-state index contributed by atoms with van der Waals surface area (Å²) in [6.07, 6.45) is 0. The van der Waals surface area contributed by atoms with Crippen LogP contribution in [0, 0.1) is 0 Å². The molecule has 2 aromatic rings. The van der Waals surface area contributed by atoms with Gasteiger partial charge in [-0.25, -0.2) is 4.79 Å². The summed E-state index contributed by atoms with van der Waals surface area (Å²) in [6, 6.07) is 7.21. The smallest absolute Gasteiger partial charge is 0.349 e. The number of nitrogens with one attached hydrogen (secondary N) is 1. The third-order valence-electron chi connectivity index (χ3n) is 2.72. The molecule has 0 saturated carbocycles. The first-order valence-electron chi connectivity index (χ1n) is 5.92. The second kappa shape index (κ2) is 6.23. The lowest BCUT2D eigenvalue weighted by Crippen LogP contribution is -2.24. The molecule has 0 aliphatic heterocycles. The van der Waals surface area contributed by atoms with Gasteiger partial charge in [0.25, 0.3) is 5.91 Å². The van der Waals surface area contributed by atoms with Crippen molar-refractivity contribution >= 4 is 29.1 Å². The van der Waals surface area contributed by atoms with E-state index in [4.69, 9.17) is 15.6 Å². The minimum Gasteiger partial charge on any atom is -0.497 e. The molecule has 1 heterocycles. The number of nitrogens with zero attached hydrogens (tertiary/aromatic N) is 1. The van der Waals surface area contributed by atoms with Gasteiger partial charge in [0.15, 0.2) is 10.6 Å². The topological polar surface area (TPSA) is 115 Å². The van der Waals surface area contributed by atoms with Crippen molar-refractivity contribution in [3.63, 3.8) is 0 Å². The molecule has 0 bridgehead atoms. The van der Waals surface area contributed by atoms with E-state index in [-0.39, 0.29) is 22.8 Å². The van der Waals surface area contributed by atoms with Gasteiger partial charge in [-0.1, -0.05) is 12.1 Å². The van der Waals surface area contributed by atoms with Crippen LogP contribution in [-0.4, -0.2) is 28.5 Å². The third kappa shape index (κ3) is 3.29. The Hall–Kier alpha value is -2.61. The molecular weight excluding hydrogens is 294 g/mol. The molecule has 110 valence electrons. The molecule has 0 aliphatic carbocycles. The summed E-state index contributed by atoms with van der Waals surface area (Å²) in [5, 5.41) is 11.5. The number of aromatic nitrogens is 1. The van der Waals surface area contributed by atoms with E-state index < -0.39 is 11.9 Å². The van der Waals surface area contributed by atoms with Gasteiger partial charge in [0.05, 0.1) is 12.8 Å². The van der Waals surface area contributed by atoms with Crippen LogP contribution in [0.1, 0.15) is 25.7 Å². The Morgan fingerprint density at radius 1 is 1.48 bits per heavy atom. The number of amides is 1. The summed E-state index contributed by atoms with van der Waals surface area (Å²) in [6.45, 7) is 0.259. The fourth-order valence-corrected chi connectivity index (χ4v) is 2.30. The molecule has 1 aromatic carbocycles. The minimum absolute atomic E-state index is 0.0692. The van der Waals surface area contributed by atoms with Crippen molar-refractivity contribution in [3.8, 4) is 5.75 Å². The lowest BCUT2D eigenvalue weighted by atomic mass is 10.2. The molecule has 0 unspecified atom stereocenters. The maximum atomic E-state index is 12.0. The van der Waals surface area contributed by atoms with Crippen molar-refractivity contribution in [2.45, 2.75) is 6.54 Å². The lowest BCUT2D eigenvalue weighted by molar-refractivity contribution is 0.0703. The maximum absolute atomic E-state index is 12.0. The zero-order valence-corrected chi connectivity index (χ0v) is 11.9. The van der Waals surface area contributed by atoms with E-state index >= 15 is 0 Å². The fourth-order valence-electron chi connectivity index (χ4n) is 1.66. The molecule has 1 aromatic heterocycles. The molecule has 8 heteroatoms. The average Bonchev–Trinajstić information content (AvgIpc) is 2.87. The van der Waals surface area contributed by atoms with Crippen molar-refractivity contribution in [1.29, 1.82) is 0 Å². The molecular formula is C13H13N3O4S. The summed E-state index contributed by atoms with van der Waals surface area (Å²) >= 11 is 0.685. The van der Waals surface area contributed by atoms with E-state index in [1.54, 1.807) is 25.3 Å². The SMILES string of the molecule is COc1cccc(CNC(=O)c2nsc(C(=O)O)c2N)c1. The van der Waals surface area contributed by atoms with Crippen molar-refractivity contribution in [2.24, 2.45) is 0 Å². The third-order valence-corrected chi connectivity index (χ3v) is 3.58. The van der Waals surface area contributed by atoms with Crippen molar-refractivity contribution in [3.05, 3.63) is 40.4 Å². The highest BCUT2D eigenvalue weighted by Crippen LogP contribution is 2.21. The van der Waals surface area contributed by atoms with Crippen LogP contribution in [0.3, 0.4) is 0 Å². The van der Waals surface area contributed by atoms with Crippen LogP contribution in [0.15, 0.2) is 24.3 Å². The maximum Gasteiger partial charge on any atom is 0.349 e. The number of aromatic carboxylic acids is 1. The number of carbonyl (C=O) groups excluding carboxylic acids is 1. The van der Waals surface area contributed by atoms with Crippen LogP contribution < -0.4 is 15.8 Å². The summed E-state index contributed by atoms with van der Waals surface area (Å²) in [5.41, 5.74) is 6.26. The number of carboxylic acids is 1. The second-order valence-corrected chi connectivity index (χ2v) is 4.89. The molecule has 4 N–H and O–H groups in total. The number of nitrogen functional groups attached to an aromatic ring is 1. The first-order chi connectivity index (χ1) is 10.0. The first-order valence-corrected chi connectivity index (χ1v) is 6.70. The number of hydrogen-bond donors (Lipinski definition) is 3. The molecule has 0 atom stereocenters. The van der Waals surface area contributed by atoms with Gasteiger partial charge in [0.1, 0.15) is 5.75 Å². The van der Waals surface area contributed by atoms with E-state index in [1.165, 1.54) is 0 Å². The normalized spacial score (nSPS) is 10.1. The molecule has 0 saturated heterocycles. The summed E-state index contributed by atoms with van der Waals surface area (Å²) in [4.78, 5) is 22.7. The minimum atomic E-state index is -1.20. The zero-order chi connectivity index (χ0) is 15.4. The lowest BCUT2D eigenvalue weighted by Gasteiger charge is -2.06. The van der Waals surface area contributed by atoms with Crippen LogP contribution in [0.5, 0.6) is 5.75 Å². The van der Waals surface area contributed by atoms with Crippen LogP contribution in [0.4, 0.5) is 5.69 Å². The van der Waals surface area contributed by atoms with Gasteiger partial charge < -0.3 is 20.9 Å². The fraction of sp³-hybridized carbons (Fsp3) is 0.154. The first kappa shape index (κ1) is 14.8. The van der Waals surface area contributed by atoms with Gasteiger partial charge in [0.2, 0.25) is 0 Å². The Morgan fingerprint density at radius 3 is 2.86 bits per heavy atom. The van der Waals surface area contributed by atoms with Crippen LogP contribution in [-0.2, 0) is 6.54 Å². The van der Waals surface area contributed by atoms with Crippen molar-refractivity contribution in [2.75, 3.05) is 12.8 Å². The Kier molecular flexibility index (Phi) is 4.39. The highest BCUT2D eigenvalue weighted by atomic mass is 32.1. The number of carbonyl (C=O) groups is 2. The molecule has 2 rings (SSSR count). The molecule has 0 aliphatic rings. The van der Waals surface area contributed by atoms with Gasteiger partial charge in [-0.2, -0.15) is 4.37 Å². The van der Waals surface area contributed by atoms with Gasteiger partial charge in [-0.15, -0.1) is 0 Å². The highest BCUT2D eigenvalue weighted by Gasteiger charge is 2.21. The molecule has 1 amide bonds. The number of benzene rings is 1. The Bertz CT molecular complexity index is 684. The second-order valence-electron chi connectivity index (χ2n) is 4.11. The number of carboxylic acid groups (broad SMARTS) is 1. The monoisotopic (exact) mass is 307 g/mol. The Balaban J connectivity index is 2.06.